The van der Waals surface area contributed by atoms with Gasteiger partial charge < -0.3 is 10.6 Å². The van der Waals surface area contributed by atoms with Gasteiger partial charge in [0.1, 0.15) is 0 Å². The average molecular weight is 325 g/mol. The van der Waals surface area contributed by atoms with Gasteiger partial charge in [0, 0.05) is 29.5 Å². The van der Waals surface area contributed by atoms with Crippen LogP contribution in [0.1, 0.15) is 31.7 Å². The second kappa shape index (κ2) is 6.53. The molecule has 0 radical (unpaired) electrons. The van der Waals surface area contributed by atoms with Gasteiger partial charge in [0.15, 0.2) is 0 Å². The number of carbonyl (C=O) groups is 1. The molecule has 0 unspecified atom stereocenters. The number of hydrogen-bond donors (Lipinski definition) is 1. The Morgan fingerprint density at radius 1 is 1.53 bits per heavy atom. The zero-order chi connectivity index (χ0) is 13.8. The summed E-state index contributed by atoms with van der Waals surface area (Å²) >= 11 is 3.45. The number of halogens is 1. The van der Waals surface area contributed by atoms with Crippen molar-refractivity contribution in [1.82, 2.24) is 4.90 Å². The Hall–Kier alpha value is -0.870. The molecule has 0 bridgehead atoms. The number of nitrogens with zero attached hydrogens (tertiary/aromatic N) is 1. The zero-order valence-electron chi connectivity index (χ0n) is 11.3. The fourth-order valence-electron chi connectivity index (χ4n) is 2.67. The summed E-state index contributed by atoms with van der Waals surface area (Å²) < 4.78 is 1.06. The molecule has 0 aromatic heterocycles. The molecule has 1 aliphatic rings. The second-order valence-corrected chi connectivity index (χ2v) is 6.27. The molecule has 1 heterocycles. The summed E-state index contributed by atoms with van der Waals surface area (Å²) in [6, 6.07) is 8.67. The third kappa shape index (κ3) is 4.05. The Labute approximate surface area is 123 Å². The van der Waals surface area contributed by atoms with Gasteiger partial charge in [-0.3, -0.25) is 4.79 Å². The molecule has 19 heavy (non-hydrogen) atoms. The molecule has 1 aromatic rings. The number of hydrogen-bond acceptors (Lipinski definition) is 2. The Balaban J connectivity index is 1.87. The van der Waals surface area contributed by atoms with Gasteiger partial charge >= 0.3 is 0 Å². The van der Waals surface area contributed by atoms with Gasteiger partial charge in [-0.1, -0.05) is 28.1 Å². The van der Waals surface area contributed by atoms with Crippen LogP contribution in [0.4, 0.5) is 0 Å². The molecule has 3 nitrogen and oxygen atoms in total. The summed E-state index contributed by atoms with van der Waals surface area (Å²) in [5, 5.41) is 0. The smallest absolute Gasteiger partial charge is 0.223 e. The predicted molar refractivity (Wildman–Crippen MR) is 80.8 cm³/mol. The third-order valence-electron chi connectivity index (χ3n) is 3.75. The molecule has 0 aliphatic carbocycles. The first-order chi connectivity index (χ1) is 9.06. The molecule has 2 rings (SSSR count). The van der Waals surface area contributed by atoms with Crippen LogP contribution in [0.3, 0.4) is 0 Å². The van der Waals surface area contributed by atoms with Crippen LogP contribution in [0.5, 0.6) is 0 Å². The van der Waals surface area contributed by atoms with Crippen molar-refractivity contribution < 1.29 is 4.79 Å². The highest BCUT2D eigenvalue weighted by atomic mass is 79.9. The number of amides is 1. The van der Waals surface area contributed by atoms with E-state index in [2.05, 4.69) is 35.0 Å². The Morgan fingerprint density at radius 3 is 3.00 bits per heavy atom. The SMILES string of the molecule is C[C@@H]1C[C@H](N)CCN1C(=O)CCc1cccc(Br)c1. The van der Waals surface area contributed by atoms with Crippen LogP contribution >= 0.6 is 15.9 Å². The summed E-state index contributed by atoms with van der Waals surface area (Å²) in [6.45, 7) is 2.90. The van der Waals surface area contributed by atoms with Crippen molar-refractivity contribution in [3.8, 4) is 0 Å². The minimum atomic E-state index is 0.249. The normalized spacial score (nSPS) is 23.4. The van der Waals surface area contributed by atoms with Crippen LogP contribution < -0.4 is 5.73 Å². The molecule has 1 aromatic carbocycles. The number of likely N-dealkylation sites (tertiary alicyclic amines) is 1. The Bertz CT molecular complexity index is 450. The first-order valence-electron chi connectivity index (χ1n) is 6.86. The van der Waals surface area contributed by atoms with Crippen molar-refractivity contribution in [3.05, 3.63) is 34.3 Å². The second-order valence-electron chi connectivity index (χ2n) is 5.35. The molecule has 1 fully saturated rings. The molecule has 0 saturated carbocycles. The van der Waals surface area contributed by atoms with E-state index >= 15 is 0 Å². The van der Waals surface area contributed by atoms with Gasteiger partial charge in [-0.05, 0) is 43.9 Å². The summed E-state index contributed by atoms with van der Waals surface area (Å²) in [7, 11) is 0. The zero-order valence-corrected chi connectivity index (χ0v) is 12.9. The number of aryl methyl sites for hydroxylation is 1. The maximum absolute atomic E-state index is 12.2. The van der Waals surface area contributed by atoms with Gasteiger partial charge in [-0.15, -0.1) is 0 Å². The van der Waals surface area contributed by atoms with Crippen molar-refractivity contribution in [2.75, 3.05) is 6.54 Å². The van der Waals surface area contributed by atoms with Crippen molar-refractivity contribution in [3.63, 3.8) is 0 Å². The van der Waals surface area contributed by atoms with E-state index in [9.17, 15) is 4.79 Å². The maximum Gasteiger partial charge on any atom is 0.223 e. The van der Waals surface area contributed by atoms with Gasteiger partial charge in [0.05, 0.1) is 0 Å². The van der Waals surface area contributed by atoms with Crippen molar-refractivity contribution in [1.29, 1.82) is 0 Å². The average Bonchev–Trinajstić information content (AvgIpc) is 2.36. The molecule has 1 amide bonds. The lowest BCUT2D eigenvalue weighted by Gasteiger charge is -2.36. The first kappa shape index (κ1) is 14.5. The van der Waals surface area contributed by atoms with Crippen LogP contribution in [0.25, 0.3) is 0 Å². The van der Waals surface area contributed by atoms with E-state index in [0.717, 1.165) is 30.3 Å². The Kier molecular flexibility index (Phi) is 4.99. The highest BCUT2D eigenvalue weighted by Crippen LogP contribution is 2.18. The third-order valence-corrected chi connectivity index (χ3v) is 4.25. The summed E-state index contributed by atoms with van der Waals surface area (Å²) in [6.07, 6.45) is 3.22. The van der Waals surface area contributed by atoms with E-state index in [1.165, 1.54) is 5.56 Å². The predicted octanol–water partition coefficient (Wildman–Crippen LogP) is 2.72. The van der Waals surface area contributed by atoms with Crippen LogP contribution in [-0.2, 0) is 11.2 Å². The van der Waals surface area contributed by atoms with Gasteiger partial charge in [-0.25, -0.2) is 0 Å². The molecule has 2 N–H and O–H groups in total. The molecule has 2 atom stereocenters. The van der Waals surface area contributed by atoms with Crippen molar-refractivity contribution in [2.24, 2.45) is 5.73 Å². The van der Waals surface area contributed by atoms with E-state index in [0.29, 0.717) is 6.42 Å². The molecule has 1 aliphatic heterocycles. The van der Waals surface area contributed by atoms with Crippen LogP contribution in [0.15, 0.2) is 28.7 Å². The van der Waals surface area contributed by atoms with Gasteiger partial charge in [0.2, 0.25) is 5.91 Å². The van der Waals surface area contributed by atoms with E-state index in [1.54, 1.807) is 0 Å². The Morgan fingerprint density at radius 2 is 2.32 bits per heavy atom. The number of carbonyl (C=O) groups excluding carboxylic acids is 1. The number of benzene rings is 1. The monoisotopic (exact) mass is 324 g/mol. The molecule has 104 valence electrons. The fourth-order valence-corrected chi connectivity index (χ4v) is 3.11. The largest absolute Gasteiger partial charge is 0.340 e. The minimum absolute atomic E-state index is 0.249. The first-order valence-corrected chi connectivity index (χ1v) is 7.65. The van der Waals surface area contributed by atoms with E-state index in [1.807, 2.05) is 17.0 Å². The van der Waals surface area contributed by atoms with Gasteiger partial charge in [-0.2, -0.15) is 0 Å². The molecule has 1 saturated heterocycles. The lowest BCUT2D eigenvalue weighted by atomic mass is 9.98. The quantitative estimate of drug-likeness (QED) is 0.929. The van der Waals surface area contributed by atoms with Crippen LogP contribution in [-0.4, -0.2) is 29.4 Å². The van der Waals surface area contributed by atoms with Crippen LogP contribution in [0.2, 0.25) is 0 Å². The highest BCUT2D eigenvalue weighted by molar-refractivity contribution is 9.10. The summed E-state index contributed by atoms with van der Waals surface area (Å²) in [5.74, 6) is 0.249. The summed E-state index contributed by atoms with van der Waals surface area (Å²) in [5.41, 5.74) is 7.12. The number of piperidine rings is 1. The van der Waals surface area contributed by atoms with E-state index in [-0.39, 0.29) is 18.0 Å². The van der Waals surface area contributed by atoms with E-state index < -0.39 is 0 Å². The minimum Gasteiger partial charge on any atom is -0.340 e. The topological polar surface area (TPSA) is 46.3 Å². The van der Waals surface area contributed by atoms with E-state index in [4.69, 9.17) is 5.73 Å². The summed E-state index contributed by atoms with van der Waals surface area (Å²) in [4.78, 5) is 14.2. The number of rotatable bonds is 3. The number of nitrogens with two attached hydrogens (primary N) is 1. The van der Waals surface area contributed by atoms with Gasteiger partial charge in [0.25, 0.3) is 0 Å². The highest BCUT2D eigenvalue weighted by Gasteiger charge is 2.26. The standard InChI is InChI=1S/C15H21BrN2O/c1-11-9-14(17)7-8-18(11)15(19)6-5-12-3-2-4-13(16)10-12/h2-4,10-11,14H,5-9,17H2,1H3/t11-,14-/m1/s1. The molecule has 0 spiro atoms. The molecule has 4 heteroatoms. The molecular weight excluding hydrogens is 304 g/mol. The maximum atomic E-state index is 12.2. The molecular formula is C15H21BrN2O. The lowest BCUT2D eigenvalue weighted by molar-refractivity contribution is -0.134. The lowest BCUT2D eigenvalue weighted by Crippen LogP contribution is -2.48. The van der Waals surface area contributed by atoms with Crippen molar-refractivity contribution >= 4 is 21.8 Å². The van der Waals surface area contributed by atoms with Crippen LogP contribution in [0, 0.1) is 0 Å². The van der Waals surface area contributed by atoms with Crippen molar-refractivity contribution in [2.45, 2.75) is 44.7 Å². The fraction of sp³-hybridized carbons (Fsp3) is 0.533.